The van der Waals surface area contributed by atoms with Gasteiger partial charge in [-0.05, 0) is 56.0 Å². The molecule has 0 spiro atoms. The van der Waals surface area contributed by atoms with Crippen molar-refractivity contribution in [2.24, 2.45) is 17.3 Å². The van der Waals surface area contributed by atoms with Crippen LogP contribution in [-0.4, -0.2) is 13.1 Å². The van der Waals surface area contributed by atoms with Crippen LogP contribution < -0.4 is 5.32 Å². The average Bonchev–Trinajstić information content (AvgIpc) is 2.03. The smallest absolute Gasteiger partial charge is 0.00461 e. The van der Waals surface area contributed by atoms with Crippen molar-refractivity contribution in [3.05, 3.63) is 0 Å². The Hall–Kier alpha value is -0.0400. The van der Waals surface area contributed by atoms with E-state index in [1.54, 1.807) is 0 Å². The predicted molar refractivity (Wildman–Crippen MR) is 56.7 cm³/mol. The van der Waals surface area contributed by atoms with E-state index in [0.717, 1.165) is 17.3 Å². The van der Waals surface area contributed by atoms with Gasteiger partial charge in [0.05, 0.1) is 0 Å². The monoisotopic (exact) mass is 181 g/mol. The summed E-state index contributed by atoms with van der Waals surface area (Å²) in [5.41, 5.74) is 0.752. The van der Waals surface area contributed by atoms with Crippen LogP contribution in [0.2, 0.25) is 0 Å². The summed E-state index contributed by atoms with van der Waals surface area (Å²) in [4.78, 5) is 0. The molecule has 76 valence electrons. The van der Waals surface area contributed by atoms with Gasteiger partial charge in [0.25, 0.3) is 0 Å². The Labute approximate surface area is 82.3 Å². The lowest BCUT2D eigenvalue weighted by molar-refractivity contribution is -0.0175. The van der Waals surface area contributed by atoms with Crippen LogP contribution in [0.5, 0.6) is 0 Å². The van der Waals surface area contributed by atoms with Crippen LogP contribution in [0.1, 0.15) is 46.0 Å². The fraction of sp³-hybridized carbons (Fsp3) is 1.00. The molecule has 1 heterocycles. The molecule has 1 aliphatic heterocycles. The maximum absolute atomic E-state index is 3.47. The summed E-state index contributed by atoms with van der Waals surface area (Å²) in [5.74, 6) is 1.94. The molecule has 0 bridgehead atoms. The van der Waals surface area contributed by atoms with Crippen molar-refractivity contribution < 1.29 is 0 Å². The molecule has 1 saturated heterocycles. The summed E-state index contributed by atoms with van der Waals surface area (Å²) in [7, 11) is 0. The van der Waals surface area contributed by atoms with Crippen molar-refractivity contribution in [3.63, 3.8) is 0 Å². The van der Waals surface area contributed by atoms with Gasteiger partial charge in [-0.15, -0.1) is 0 Å². The molecule has 0 unspecified atom stereocenters. The van der Waals surface area contributed by atoms with Gasteiger partial charge in [-0.1, -0.05) is 20.3 Å². The van der Waals surface area contributed by atoms with Crippen molar-refractivity contribution in [3.8, 4) is 0 Å². The van der Waals surface area contributed by atoms with Gasteiger partial charge < -0.3 is 5.32 Å². The second-order valence-electron chi connectivity index (χ2n) is 5.27. The lowest BCUT2D eigenvalue weighted by atomic mass is 9.54. The third-order valence-corrected chi connectivity index (χ3v) is 4.59. The fourth-order valence-corrected chi connectivity index (χ4v) is 3.44. The standard InChI is InChI=1S/C12H23N/c1-10(2)12(6-3-7-12)11-4-8-13-9-5-11/h10-11,13H,3-9H2,1-2H3. The van der Waals surface area contributed by atoms with Gasteiger partial charge in [0.1, 0.15) is 0 Å². The molecule has 0 amide bonds. The highest BCUT2D eigenvalue weighted by Gasteiger charge is 2.45. The summed E-state index contributed by atoms with van der Waals surface area (Å²) in [6.07, 6.45) is 7.36. The van der Waals surface area contributed by atoms with Crippen LogP contribution in [0, 0.1) is 17.3 Å². The zero-order valence-corrected chi connectivity index (χ0v) is 9.10. The second-order valence-corrected chi connectivity index (χ2v) is 5.27. The van der Waals surface area contributed by atoms with E-state index in [-0.39, 0.29) is 0 Å². The molecule has 2 aliphatic rings. The quantitative estimate of drug-likeness (QED) is 0.690. The lowest BCUT2D eigenvalue weighted by Gasteiger charge is -2.52. The summed E-state index contributed by atoms with van der Waals surface area (Å²) in [5, 5.41) is 3.47. The van der Waals surface area contributed by atoms with Gasteiger partial charge in [-0.2, -0.15) is 0 Å². The predicted octanol–water partition coefficient (Wildman–Crippen LogP) is 2.81. The molecule has 0 aromatic heterocycles. The molecule has 0 aromatic rings. The van der Waals surface area contributed by atoms with Crippen molar-refractivity contribution in [2.75, 3.05) is 13.1 Å². The van der Waals surface area contributed by atoms with Crippen LogP contribution in [0.15, 0.2) is 0 Å². The van der Waals surface area contributed by atoms with E-state index in [4.69, 9.17) is 0 Å². The summed E-state index contributed by atoms with van der Waals surface area (Å²) in [6, 6.07) is 0. The number of piperidine rings is 1. The first-order chi connectivity index (χ1) is 6.26. The van der Waals surface area contributed by atoms with Gasteiger partial charge in [0, 0.05) is 0 Å². The van der Waals surface area contributed by atoms with Crippen LogP contribution in [0.4, 0.5) is 0 Å². The van der Waals surface area contributed by atoms with Crippen LogP contribution in [-0.2, 0) is 0 Å². The SMILES string of the molecule is CC(C)C1(C2CCNCC2)CCC1. The molecule has 0 atom stereocenters. The maximum atomic E-state index is 3.47. The van der Waals surface area contributed by atoms with E-state index < -0.39 is 0 Å². The first-order valence-corrected chi connectivity index (χ1v) is 5.96. The molecular formula is C12H23N. The summed E-state index contributed by atoms with van der Waals surface area (Å²) < 4.78 is 0. The molecule has 0 radical (unpaired) electrons. The minimum absolute atomic E-state index is 0.752. The van der Waals surface area contributed by atoms with Gasteiger partial charge >= 0.3 is 0 Å². The topological polar surface area (TPSA) is 12.0 Å². The molecule has 1 nitrogen and oxygen atoms in total. The molecule has 1 aliphatic carbocycles. The van der Waals surface area contributed by atoms with Crippen molar-refractivity contribution in [2.45, 2.75) is 46.0 Å². The zero-order chi connectivity index (χ0) is 9.31. The van der Waals surface area contributed by atoms with Gasteiger partial charge in [0.2, 0.25) is 0 Å². The molecule has 0 aromatic carbocycles. The van der Waals surface area contributed by atoms with Crippen molar-refractivity contribution in [1.82, 2.24) is 5.32 Å². The molecule has 13 heavy (non-hydrogen) atoms. The highest BCUT2D eigenvalue weighted by Crippen LogP contribution is 2.54. The van der Waals surface area contributed by atoms with Crippen LogP contribution in [0.3, 0.4) is 0 Å². The first kappa shape index (κ1) is 9.51. The number of rotatable bonds is 2. The molecule has 2 fully saturated rings. The third-order valence-electron chi connectivity index (χ3n) is 4.59. The van der Waals surface area contributed by atoms with E-state index in [2.05, 4.69) is 19.2 Å². The van der Waals surface area contributed by atoms with Gasteiger partial charge in [0.15, 0.2) is 0 Å². The van der Waals surface area contributed by atoms with E-state index in [1.165, 1.54) is 45.2 Å². The molecule has 2 rings (SSSR count). The molecule has 1 saturated carbocycles. The highest BCUT2D eigenvalue weighted by molar-refractivity contribution is 4.96. The minimum Gasteiger partial charge on any atom is -0.317 e. The zero-order valence-electron chi connectivity index (χ0n) is 9.10. The van der Waals surface area contributed by atoms with Gasteiger partial charge in [-0.25, -0.2) is 0 Å². The van der Waals surface area contributed by atoms with E-state index in [0.29, 0.717) is 0 Å². The Bertz CT molecular complexity index is 164. The largest absolute Gasteiger partial charge is 0.317 e. The third kappa shape index (κ3) is 1.52. The molecule has 1 heteroatoms. The van der Waals surface area contributed by atoms with Crippen LogP contribution >= 0.6 is 0 Å². The lowest BCUT2D eigenvalue weighted by Crippen LogP contribution is -2.46. The fourth-order valence-electron chi connectivity index (χ4n) is 3.44. The van der Waals surface area contributed by atoms with Crippen LogP contribution in [0.25, 0.3) is 0 Å². The Morgan fingerprint density at radius 3 is 2.15 bits per heavy atom. The maximum Gasteiger partial charge on any atom is -0.00461 e. The Morgan fingerprint density at radius 2 is 1.77 bits per heavy atom. The molecular weight excluding hydrogens is 158 g/mol. The molecule has 1 N–H and O–H groups in total. The van der Waals surface area contributed by atoms with E-state index in [1.807, 2.05) is 0 Å². The first-order valence-electron chi connectivity index (χ1n) is 5.96. The summed E-state index contributed by atoms with van der Waals surface area (Å²) >= 11 is 0. The number of hydrogen-bond acceptors (Lipinski definition) is 1. The van der Waals surface area contributed by atoms with Crippen molar-refractivity contribution >= 4 is 0 Å². The van der Waals surface area contributed by atoms with Gasteiger partial charge in [-0.3, -0.25) is 0 Å². The Morgan fingerprint density at radius 1 is 1.15 bits per heavy atom. The van der Waals surface area contributed by atoms with E-state index in [9.17, 15) is 0 Å². The minimum atomic E-state index is 0.752. The number of nitrogens with one attached hydrogen (secondary N) is 1. The highest BCUT2D eigenvalue weighted by atomic mass is 14.9. The Balaban J connectivity index is 2.02. The second kappa shape index (κ2) is 3.61. The summed E-state index contributed by atoms with van der Waals surface area (Å²) in [6.45, 7) is 7.39. The Kier molecular flexibility index (Phi) is 2.64. The van der Waals surface area contributed by atoms with E-state index >= 15 is 0 Å². The van der Waals surface area contributed by atoms with Crippen molar-refractivity contribution in [1.29, 1.82) is 0 Å². The number of hydrogen-bond donors (Lipinski definition) is 1. The normalized spacial score (nSPS) is 28.8. The average molecular weight is 181 g/mol.